The quantitative estimate of drug-likeness (QED) is 0.282. The molecule has 5 rings (SSSR count). The zero-order valence-electron chi connectivity index (χ0n) is 16.3. The molecule has 0 spiro atoms. The van der Waals surface area contributed by atoms with Gasteiger partial charge in [0.25, 0.3) is 0 Å². The summed E-state index contributed by atoms with van der Waals surface area (Å²) in [6.07, 6.45) is -2.45. The Kier molecular flexibility index (Phi) is 3.22. The van der Waals surface area contributed by atoms with Gasteiger partial charge in [0, 0.05) is 29.1 Å². The van der Waals surface area contributed by atoms with Crippen molar-refractivity contribution in [1.29, 1.82) is 0 Å². The lowest BCUT2D eigenvalue weighted by atomic mass is 9.58. The number of aliphatic hydroxyl groups excluding tert-OH is 3. The second-order valence-electron chi connectivity index (χ2n) is 10.2. The summed E-state index contributed by atoms with van der Waals surface area (Å²) in [5, 5.41) is 66.8. The molecule has 3 saturated carbocycles. The van der Waals surface area contributed by atoms with E-state index in [0.717, 1.165) is 0 Å². The van der Waals surface area contributed by atoms with Crippen molar-refractivity contribution in [2.45, 2.75) is 68.4 Å². The van der Waals surface area contributed by atoms with Crippen LogP contribution in [0.2, 0.25) is 0 Å². The van der Waals surface area contributed by atoms with Crippen molar-refractivity contribution < 1.29 is 40.2 Å². The van der Waals surface area contributed by atoms with Gasteiger partial charge in [0.2, 0.25) is 0 Å². The first-order valence-corrected chi connectivity index (χ1v) is 9.84. The smallest absolute Gasteiger partial charge is 0.193 e. The van der Waals surface area contributed by atoms with Gasteiger partial charge in [-0.1, -0.05) is 26.8 Å². The van der Waals surface area contributed by atoms with E-state index in [1.165, 1.54) is 13.0 Å². The maximum atomic E-state index is 12.9. The zero-order chi connectivity index (χ0) is 20.8. The summed E-state index contributed by atoms with van der Waals surface area (Å²) in [5.74, 6) is -4.22. The number of hydrogen-bond acceptors (Lipinski definition) is 8. The summed E-state index contributed by atoms with van der Waals surface area (Å²) in [6, 6.07) is 0. The van der Waals surface area contributed by atoms with Gasteiger partial charge in [-0.2, -0.15) is 0 Å². The minimum absolute atomic E-state index is 0.198. The molecular weight excluding hydrogens is 368 g/mol. The van der Waals surface area contributed by atoms with Gasteiger partial charge in [0.15, 0.2) is 11.4 Å². The number of carbonyl (C=O) groups excluding carboxylic acids is 1. The Bertz CT molecular complexity index is 823. The Morgan fingerprint density at radius 1 is 1.18 bits per heavy atom. The molecule has 0 aromatic carbocycles. The molecule has 0 amide bonds. The molecule has 1 heterocycles. The number of rotatable bonds is 1. The Morgan fingerprint density at radius 3 is 2.36 bits per heavy atom. The minimum Gasteiger partial charge on any atom is -0.393 e. The number of ketones is 1. The van der Waals surface area contributed by atoms with Gasteiger partial charge in [-0.15, -0.1) is 0 Å². The first kappa shape index (κ1) is 19.1. The molecule has 5 aliphatic rings. The van der Waals surface area contributed by atoms with E-state index in [2.05, 4.69) is 0 Å². The summed E-state index contributed by atoms with van der Waals surface area (Å²) >= 11 is 0. The van der Waals surface area contributed by atoms with Gasteiger partial charge in [-0.3, -0.25) is 4.79 Å². The van der Waals surface area contributed by atoms with Crippen LogP contribution in [0.4, 0.5) is 0 Å². The second kappa shape index (κ2) is 4.72. The first-order valence-electron chi connectivity index (χ1n) is 9.84. The third-order valence-electron chi connectivity index (χ3n) is 9.08. The fourth-order valence-electron chi connectivity index (χ4n) is 7.29. The van der Waals surface area contributed by atoms with E-state index in [1.54, 1.807) is 20.8 Å². The summed E-state index contributed by atoms with van der Waals surface area (Å²) in [4.78, 5) is 12.9. The van der Waals surface area contributed by atoms with Crippen molar-refractivity contribution in [3.8, 4) is 0 Å². The van der Waals surface area contributed by atoms with Gasteiger partial charge in [-0.25, -0.2) is 0 Å². The molecule has 4 aliphatic carbocycles. The molecule has 1 saturated heterocycles. The van der Waals surface area contributed by atoms with Crippen LogP contribution in [0.15, 0.2) is 11.6 Å². The van der Waals surface area contributed by atoms with Crippen LogP contribution in [0.25, 0.3) is 0 Å². The molecule has 0 bridgehead atoms. The van der Waals surface area contributed by atoms with Crippen molar-refractivity contribution in [2.75, 3.05) is 6.61 Å². The highest BCUT2D eigenvalue weighted by molar-refractivity contribution is 6.05. The lowest BCUT2D eigenvalue weighted by Crippen LogP contribution is -2.68. The first-order chi connectivity index (χ1) is 12.8. The molecule has 1 aliphatic heterocycles. The van der Waals surface area contributed by atoms with Crippen molar-refractivity contribution >= 4 is 5.78 Å². The highest BCUT2D eigenvalue weighted by atomic mass is 16.6. The highest BCUT2D eigenvalue weighted by Crippen LogP contribution is 2.78. The molecule has 8 nitrogen and oxygen atoms in total. The molecule has 0 aromatic rings. The number of aliphatic hydroxyl groups is 6. The molecule has 6 N–H and O–H groups in total. The number of carbonyl (C=O) groups is 1. The van der Waals surface area contributed by atoms with Crippen molar-refractivity contribution in [3.63, 3.8) is 0 Å². The van der Waals surface area contributed by atoms with E-state index in [0.29, 0.717) is 0 Å². The van der Waals surface area contributed by atoms with E-state index < -0.39 is 82.2 Å². The molecule has 3 unspecified atom stereocenters. The fourth-order valence-corrected chi connectivity index (χ4v) is 7.29. The van der Waals surface area contributed by atoms with Gasteiger partial charge in [0.1, 0.15) is 17.3 Å². The number of ether oxygens (including phenoxy) is 1. The summed E-state index contributed by atoms with van der Waals surface area (Å²) in [6.45, 7) is 6.01. The zero-order valence-corrected chi connectivity index (χ0v) is 16.3. The topological polar surface area (TPSA) is 151 Å². The molecule has 8 heteroatoms. The molecule has 11 atom stereocenters. The Balaban J connectivity index is 1.78. The van der Waals surface area contributed by atoms with Crippen molar-refractivity contribution in [3.05, 3.63) is 11.6 Å². The van der Waals surface area contributed by atoms with Crippen LogP contribution < -0.4 is 0 Å². The van der Waals surface area contributed by atoms with Gasteiger partial charge in [0.05, 0.1) is 24.4 Å². The summed E-state index contributed by atoms with van der Waals surface area (Å²) < 4.78 is 5.73. The largest absolute Gasteiger partial charge is 0.393 e. The van der Waals surface area contributed by atoms with Crippen LogP contribution in [0.5, 0.6) is 0 Å². The molecular formula is C20H28O8. The maximum absolute atomic E-state index is 12.9. The van der Waals surface area contributed by atoms with Crippen LogP contribution in [-0.4, -0.2) is 83.7 Å². The van der Waals surface area contributed by atoms with Gasteiger partial charge < -0.3 is 35.4 Å². The maximum Gasteiger partial charge on any atom is 0.193 e. The van der Waals surface area contributed by atoms with E-state index in [9.17, 15) is 35.4 Å². The normalized spacial score (nSPS) is 63.4. The van der Waals surface area contributed by atoms with E-state index in [4.69, 9.17) is 4.74 Å². The molecule has 28 heavy (non-hydrogen) atoms. The van der Waals surface area contributed by atoms with E-state index in [-0.39, 0.29) is 5.57 Å². The third kappa shape index (κ3) is 1.52. The monoisotopic (exact) mass is 396 g/mol. The average molecular weight is 396 g/mol. The number of epoxide rings is 1. The van der Waals surface area contributed by atoms with Crippen LogP contribution in [-0.2, 0) is 9.53 Å². The van der Waals surface area contributed by atoms with Crippen LogP contribution in [0.1, 0.15) is 27.7 Å². The Morgan fingerprint density at radius 2 is 1.79 bits per heavy atom. The minimum atomic E-state index is -2.38. The fraction of sp³-hybridized carbons (Fsp3) is 0.850. The van der Waals surface area contributed by atoms with Crippen molar-refractivity contribution in [2.24, 2.45) is 29.1 Å². The van der Waals surface area contributed by atoms with Crippen LogP contribution in [0.3, 0.4) is 0 Å². The molecule has 0 radical (unpaired) electrons. The number of Topliss-reactive ketones (excluding diaryl/α,β-unsaturated/α-hetero) is 1. The number of hydrogen-bond donors (Lipinski definition) is 6. The molecule has 4 fully saturated rings. The summed E-state index contributed by atoms with van der Waals surface area (Å²) in [7, 11) is 0. The number of fused-ring (bicyclic) bond motifs is 7. The lowest BCUT2D eigenvalue weighted by Gasteiger charge is -2.52. The van der Waals surface area contributed by atoms with E-state index >= 15 is 0 Å². The molecule has 0 aromatic heterocycles. The average Bonchev–Trinajstić information content (AvgIpc) is 3.46. The predicted molar refractivity (Wildman–Crippen MR) is 93.7 cm³/mol. The summed E-state index contributed by atoms with van der Waals surface area (Å²) in [5.41, 5.74) is -7.83. The predicted octanol–water partition coefficient (Wildman–Crippen LogP) is -1.89. The van der Waals surface area contributed by atoms with Crippen LogP contribution in [0, 0.1) is 29.1 Å². The van der Waals surface area contributed by atoms with Crippen molar-refractivity contribution in [1.82, 2.24) is 0 Å². The highest BCUT2D eigenvalue weighted by Gasteiger charge is 2.90. The third-order valence-corrected chi connectivity index (χ3v) is 9.08. The Labute approximate surface area is 162 Å². The SMILES string of the molecule is CC1=C[C@H]2[C@@]3(O)[C@H](C)C(O)[C@]4(O)[C@H]([C@@H]3C3O[C@@]3(CO)C(O)[C@]2(O)C1=O)C4(C)C. The second-order valence-corrected chi connectivity index (χ2v) is 10.2. The Hall–Kier alpha value is -0.870. The lowest BCUT2D eigenvalue weighted by molar-refractivity contribution is -0.234. The van der Waals surface area contributed by atoms with Gasteiger partial charge in [-0.05, 0) is 12.5 Å². The molecule has 156 valence electrons. The van der Waals surface area contributed by atoms with Crippen LogP contribution >= 0.6 is 0 Å². The van der Waals surface area contributed by atoms with E-state index in [1.807, 2.05) is 0 Å². The van der Waals surface area contributed by atoms with Gasteiger partial charge >= 0.3 is 0 Å². The standard InChI is InChI=1S/C20H28O8/c1-7-5-9-18(25)8(2)13(23)20(27)11(16(20,3)4)10(18)14-17(6-21,28-14)15(24)19(9,26)12(7)22/h5,8-11,13-15,21,23-27H,6H2,1-4H3/t8-,9+,10-,11-,13?,14?,15?,17-,18+,19-,20-/m1/s1.